The Morgan fingerprint density at radius 3 is 2.30 bits per heavy atom. The molecule has 3 aromatic rings. The van der Waals surface area contributed by atoms with E-state index in [4.69, 9.17) is 4.74 Å². The van der Waals surface area contributed by atoms with Gasteiger partial charge in [-0.3, -0.25) is 9.78 Å². The number of amides is 1. The topological polar surface area (TPSA) is 105 Å². The summed E-state index contributed by atoms with van der Waals surface area (Å²) in [5.41, 5.74) is 1.40. The van der Waals surface area contributed by atoms with Crippen molar-refractivity contribution in [3.63, 3.8) is 0 Å². The number of hydrogen-bond acceptors (Lipinski definition) is 7. The first-order valence-electron chi connectivity index (χ1n) is 10.5. The Morgan fingerprint density at radius 2 is 1.70 bits per heavy atom. The molecule has 1 aliphatic rings. The number of ether oxygens (including phenoxy) is 1. The number of anilines is 2. The average Bonchev–Trinajstić information content (AvgIpc) is 2.85. The van der Waals surface area contributed by atoms with Gasteiger partial charge in [-0.2, -0.15) is 4.31 Å². The third-order valence-corrected chi connectivity index (χ3v) is 7.32. The van der Waals surface area contributed by atoms with Gasteiger partial charge in [-0.25, -0.2) is 13.4 Å². The Labute approximate surface area is 193 Å². The SMILES string of the molecule is COc1ccc(CC(=O)Nc2ccc(S(=O)(=O)N3CCN(c4cnccn4)CC3)cc2)cc1. The van der Waals surface area contributed by atoms with Crippen molar-refractivity contribution in [2.45, 2.75) is 11.3 Å². The minimum atomic E-state index is -3.62. The van der Waals surface area contributed by atoms with Gasteiger partial charge in [-0.05, 0) is 42.0 Å². The van der Waals surface area contributed by atoms with E-state index in [2.05, 4.69) is 15.3 Å². The first kappa shape index (κ1) is 22.7. The number of nitrogens with one attached hydrogen (secondary N) is 1. The number of benzene rings is 2. The van der Waals surface area contributed by atoms with Crippen LogP contribution in [0.3, 0.4) is 0 Å². The number of carbonyl (C=O) groups is 1. The van der Waals surface area contributed by atoms with Crippen molar-refractivity contribution in [2.75, 3.05) is 43.5 Å². The lowest BCUT2D eigenvalue weighted by molar-refractivity contribution is -0.115. The summed E-state index contributed by atoms with van der Waals surface area (Å²) in [5, 5.41) is 2.80. The molecule has 1 amide bonds. The van der Waals surface area contributed by atoms with Crippen molar-refractivity contribution in [1.82, 2.24) is 14.3 Å². The van der Waals surface area contributed by atoms with Gasteiger partial charge in [-0.15, -0.1) is 0 Å². The van der Waals surface area contributed by atoms with Crippen LogP contribution in [0.1, 0.15) is 5.56 Å². The zero-order valence-corrected chi connectivity index (χ0v) is 19.0. The second-order valence-electron chi connectivity index (χ2n) is 7.55. The van der Waals surface area contributed by atoms with Gasteiger partial charge in [0.25, 0.3) is 0 Å². The minimum Gasteiger partial charge on any atom is -0.497 e. The molecular formula is C23H25N5O4S. The molecule has 0 aliphatic carbocycles. The molecule has 4 rings (SSSR count). The fraction of sp³-hybridized carbons (Fsp3) is 0.261. The lowest BCUT2D eigenvalue weighted by atomic mass is 10.1. The molecule has 10 heteroatoms. The summed E-state index contributed by atoms with van der Waals surface area (Å²) in [6.07, 6.45) is 5.11. The molecule has 1 aliphatic heterocycles. The Kier molecular flexibility index (Phi) is 6.85. The van der Waals surface area contributed by atoms with Gasteiger partial charge >= 0.3 is 0 Å². The normalized spacial score (nSPS) is 14.6. The number of nitrogens with zero attached hydrogens (tertiary/aromatic N) is 4. The van der Waals surface area contributed by atoms with E-state index in [1.807, 2.05) is 17.0 Å². The zero-order valence-electron chi connectivity index (χ0n) is 18.2. The van der Waals surface area contributed by atoms with Gasteiger partial charge < -0.3 is 15.0 Å². The smallest absolute Gasteiger partial charge is 0.243 e. The number of aromatic nitrogens is 2. The summed E-state index contributed by atoms with van der Waals surface area (Å²) in [6.45, 7) is 1.80. The second kappa shape index (κ2) is 9.97. The third-order valence-electron chi connectivity index (χ3n) is 5.41. The summed E-state index contributed by atoms with van der Waals surface area (Å²) >= 11 is 0. The number of sulfonamides is 1. The molecule has 1 aromatic heterocycles. The molecule has 9 nitrogen and oxygen atoms in total. The highest BCUT2D eigenvalue weighted by molar-refractivity contribution is 7.89. The summed E-state index contributed by atoms with van der Waals surface area (Å²) < 4.78 is 32.7. The van der Waals surface area contributed by atoms with Crippen LogP contribution in [0.15, 0.2) is 72.0 Å². The van der Waals surface area contributed by atoms with Crippen LogP contribution in [0.5, 0.6) is 5.75 Å². The molecule has 33 heavy (non-hydrogen) atoms. The molecular weight excluding hydrogens is 442 g/mol. The zero-order chi connectivity index (χ0) is 23.3. The van der Waals surface area contributed by atoms with Crippen LogP contribution < -0.4 is 15.0 Å². The van der Waals surface area contributed by atoms with E-state index in [1.165, 1.54) is 16.4 Å². The predicted octanol–water partition coefficient (Wildman–Crippen LogP) is 2.18. The lowest BCUT2D eigenvalue weighted by Crippen LogP contribution is -2.48. The van der Waals surface area contributed by atoms with Gasteiger partial charge in [0.05, 0.1) is 24.6 Å². The summed E-state index contributed by atoms with van der Waals surface area (Å²) in [5.74, 6) is 1.28. The maximum absolute atomic E-state index is 13.0. The molecule has 0 bridgehead atoms. The van der Waals surface area contributed by atoms with Crippen LogP contribution in [0.2, 0.25) is 0 Å². The third kappa shape index (κ3) is 5.47. The number of rotatable bonds is 7. The Balaban J connectivity index is 1.34. The quantitative estimate of drug-likeness (QED) is 0.568. The average molecular weight is 468 g/mol. The van der Waals surface area contributed by atoms with Crippen molar-refractivity contribution in [1.29, 1.82) is 0 Å². The largest absolute Gasteiger partial charge is 0.497 e. The standard InChI is InChI=1S/C23H25N5O4S/c1-32-20-6-2-18(3-7-20)16-23(29)26-19-4-8-21(9-5-19)33(30,31)28-14-12-27(13-15-28)22-17-24-10-11-25-22/h2-11,17H,12-16H2,1H3,(H,26,29). The van der Waals surface area contributed by atoms with Gasteiger partial charge in [0.2, 0.25) is 15.9 Å². The number of hydrogen-bond donors (Lipinski definition) is 1. The van der Waals surface area contributed by atoms with Crippen LogP contribution in [0.4, 0.5) is 11.5 Å². The molecule has 1 saturated heterocycles. The van der Waals surface area contributed by atoms with Crippen LogP contribution in [-0.2, 0) is 21.2 Å². The van der Waals surface area contributed by atoms with Crippen molar-refractivity contribution in [3.05, 3.63) is 72.7 Å². The van der Waals surface area contributed by atoms with E-state index in [0.717, 1.165) is 17.1 Å². The van der Waals surface area contributed by atoms with Crippen LogP contribution in [0, 0.1) is 0 Å². The first-order chi connectivity index (χ1) is 16.0. The Bertz CT molecular complexity index is 1180. The summed E-state index contributed by atoms with van der Waals surface area (Å²) in [7, 11) is -2.03. The van der Waals surface area contributed by atoms with Gasteiger partial charge in [-0.1, -0.05) is 12.1 Å². The van der Waals surface area contributed by atoms with Crippen molar-refractivity contribution in [3.8, 4) is 5.75 Å². The van der Waals surface area contributed by atoms with Gasteiger partial charge in [0, 0.05) is 44.3 Å². The highest BCUT2D eigenvalue weighted by atomic mass is 32.2. The molecule has 0 spiro atoms. The van der Waals surface area contributed by atoms with Crippen molar-refractivity contribution in [2.24, 2.45) is 0 Å². The van der Waals surface area contributed by atoms with Crippen LogP contribution in [-0.4, -0.2) is 61.9 Å². The fourth-order valence-electron chi connectivity index (χ4n) is 3.61. The highest BCUT2D eigenvalue weighted by Crippen LogP contribution is 2.21. The van der Waals surface area contributed by atoms with E-state index in [1.54, 1.807) is 50.0 Å². The van der Waals surface area contributed by atoms with Gasteiger partial charge in [0.15, 0.2) is 0 Å². The van der Waals surface area contributed by atoms with Crippen molar-refractivity contribution < 1.29 is 17.9 Å². The molecule has 0 saturated carbocycles. The highest BCUT2D eigenvalue weighted by Gasteiger charge is 2.29. The monoisotopic (exact) mass is 467 g/mol. The molecule has 0 unspecified atom stereocenters. The summed E-state index contributed by atoms with van der Waals surface area (Å²) in [4.78, 5) is 22.9. The predicted molar refractivity (Wildman–Crippen MR) is 125 cm³/mol. The molecule has 1 fully saturated rings. The Hall–Kier alpha value is -3.50. The van der Waals surface area contributed by atoms with Crippen LogP contribution in [0.25, 0.3) is 0 Å². The molecule has 172 valence electrons. The van der Waals surface area contributed by atoms with E-state index < -0.39 is 10.0 Å². The maximum Gasteiger partial charge on any atom is 0.243 e. The molecule has 0 radical (unpaired) electrons. The van der Waals surface area contributed by atoms with E-state index >= 15 is 0 Å². The van der Waals surface area contributed by atoms with E-state index in [-0.39, 0.29) is 17.2 Å². The maximum atomic E-state index is 13.0. The number of carbonyl (C=O) groups excluding carboxylic acids is 1. The summed E-state index contributed by atoms with van der Waals surface area (Å²) in [6, 6.07) is 13.5. The van der Waals surface area contributed by atoms with E-state index in [9.17, 15) is 13.2 Å². The van der Waals surface area contributed by atoms with Crippen LogP contribution >= 0.6 is 0 Å². The second-order valence-corrected chi connectivity index (χ2v) is 9.49. The number of methoxy groups -OCH3 is 1. The molecule has 2 heterocycles. The molecule has 2 aromatic carbocycles. The molecule has 1 N–H and O–H groups in total. The Morgan fingerprint density at radius 1 is 1.00 bits per heavy atom. The van der Waals surface area contributed by atoms with E-state index in [0.29, 0.717) is 31.9 Å². The molecule has 0 atom stereocenters. The van der Waals surface area contributed by atoms with Gasteiger partial charge in [0.1, 0.15) is 11.6 Å². The van der Waals surface area contributed by atoms with Crippen molar-refractivity contribution >= 4 is 27.4 Å². The number of piperazine rings is 1. The first-order valence-corrected chi connectivity index (χ1v) is 11.9. The minimum absolute atomic E-state index is 0.184. The fourth-order valence-corrected chi connectivity index (χ4v) is 5.03. The lowest BCUT2D eigenvalue weighted by Gasteiger charge is -2.34.